The van der Waals surface area contributed by atoms with Crippen molar-refractivity contribution in [2.45, 2.75) is 32.4 Å². The fourth-order valence-corrected chi connectivity index (χ4v) is 4.60. The topological polar surface area (TPSA) is 109 Å². The maximum atomic E-state index is 13.5. The van der Waals surface area contributed by atoms with Crippen LogP contribution in [0, 0.1) is 6.92 Å². The maximum Gasteiger partial charge on any atom is 0.434 e. The fourth-order valence-electron chi connectivity index (χ4n) is 4.48. The van der Waals surface area contributed by atoms with E-state index >= 15 is 0 Å². The average molecular weight is 593 g/mol. The molecule has 0 saturated heterocycles. The summed E-state index contributed by atoms with van der Waals surface area (Å²) in [6.45, 7) is 4.88. The van der Waals surface area contributed by atoms with Gasteiger partial charge >= 0.3 is 6.18 Å². The maximum absolute atomic E-state index is 13.5. The highest BCUT2D eigenvalue weighted by Crippen LogP contribution is 2.34. The lowest BCUT2D eigenvalue weighted by Gasteiger charge is -2.22. The normalized spacial score (nSPS) is 12.0. The van der Waals surface area contributed by atoms with Crippen LogP contribution in [0.15, 0.2) is 79.1 Å². The van der Waals surface area contributed by atoms with E-state index in [-0.39, 0.29) is 22.9 Å². The van der Waals surface area contributed by atoms with Gasteiger partial charge in [0.05, 0.1) is 23.0 Å². The number of carbonyl (C=O) groups is 2. The van der Waals surface area contributed by atoms with Crippen molar-refractivity contribution in [3.8, 4) is 22.5 Å². The van der Waals surface area contributed by atoms with Gasteiger partial charge in [-0.1, -0.05) is 47.1 Å². The van der Waals surface area contributed by atoms with Crippen LogP contribution < -0.4 is 5.73 Å². The molecule has 0 saturated carbocycles. The number of aromatic nitrogens is 5. The highest BCUT2D eigenvalue weighted by Gasteiger charge is 2.35. The van der Waals surface area contributed by atoms with Crippen molar-refractivity contribution in [2.75, 3.05) is 0 Å². The number of carbonyl (C=O) groups excluding carboxylic acids is 2. The Hall–Kier alpha value is -4.77. The van der Waals surface area contributed by atoms with E-state index in [1.165, 1.54) is 22.4 Å². The molecule has 1 amide bonds. The minimum absolute atomic E-state index is 0.0761. The minimum atomic E-state index is -4.66. The summed E-state index contributed by atoms with van der Waals surface area (Å²) in [6.07, 6.45) is -2.49. The third-order valence-electron chi connectivity index (χ3n) is 7.06. The highest BCUT2D eigenvalue weighted by molar-refractivity contribution is 6.30. The zero-order valence-electron chi connectivity index (χ0n) is 22.6. The Kier molecular flexibility index (Phi) is 7.23. The fraction of sp³-hybridized carbons (Fsp3) is 0.167. The molecular formula is C30H24ClF3N6O2. The Labute approximate surface area is 243 Å². The number of imidazole rings is 1. The Morgan fingerprint density at radius 3 is 2.26 bits per heavy atom. The molecule has 0 fully saturated rings. The van der Waals surface area contributed by atoms with E-state index in [9.17, 15) is 22.8 Å². The largest absolute Gasteiger partial charge is 0.434 e. The van der Waals surface area contributed by atoms with Gasteiger partial charge in [0.15, 0.2) is 5.69 Å². The zero-order chi connectivity index (χ0) is 30.4. The van der Waals surface area contributed by atoms with E-state index in [0.717, 1.165) is 6.20 Å². The van der Waals surface area contributed by atoms with Crippen molar-refractivity contribution in [2.24, 2.45) is 5.73 Å². The Bertz CT molecular complexity index is 1820. The number of nitrogens with two attached hydrogens (primary N) is 1. The van der Waals surface area contributed by atoms with Crippen LogP contribution >= 0.6 is 11.6 Å². The summed E-state index contributed by atoms with van der Waals surface area (Å²) in [6, 6.07) is 18.5. The Morgan fingerprint density at radius 1 is 0.929 bits per heavy atom. The molecule has 0 atom stereocenters. The van der Waals surface area contributed by atoms with Crippen LogP contribution in [0.3, 0.4) is 0 Å². The molecule has 5 rings (SSSR count). The van der Waals surface area contributed by atoms with Crippen LogP contribution in [0.1, 0.15) is 47.0 Å². The van der Waals surface area contributed by atoms with Gasteiger partial charge < -0.3 is 10.3 Å². The predicted octanol–water partition coefficient (Wildman–Crippen LogP) is 6.09. The summed E-state index contributed by atoms with van der Waals surface area (Å²) in [5.41, 5.74) is 6.59. The number of rotatable bonds is 7. The summed E-state index contributed by atoms with van der Waals surface area (Å²) in [5.74, 6) is -0.844. The quantitative estimate of drug-likeness (QED) is 0.230. The predicted molar refractivity (Wildman–Crippen MR) is 151 cm³/mol. The first-order chi connectivity index (χ1) is 19.8. The van der Waals surface area contributed by atoms with E-state index in [1.54, 1.807) is 68.4 Å². The van der Waals surface area contributed by atoms with Gasteiger partial charge in [0.1, 0.15) is 11.5 Å². The number of ketones is 1. The van der Waals surface area contributed by atoms with Crippen molar-refractivity contribution in [1.82, 2.24) is 24.5 Å². The SMILES string of the molecule is Cc1nc(C(F)(F)F)cn1-c1ccc(-c2cccc(C(C)(C)C(N)=O)c2)cc1-n1nncc1C(=O)c1ccc(Cl)cc1. The molecule has 0 bridgehead atoms. The molecule has 5 aromatic rings. The number of amides is 1. The van der Waals surface area contributed by atoms with E-state index in [0.29, 0.717) is 27.3 Å². The summed E-state index contributed by atoms with van der Waals surface area (Å²) in [7, 11) is 0. The van der Waals surface area contributed by atoms with Crippen LogP contribution in [0.25, 0.3) is 22.5 Å². The summed E-state index contributed by atoms with van der Waals surface area (Å²) in [4.78, 5) is 29.3. The van der Waals surface area contributed by atoms with Gasteiger partial charge in [0.25, 0.3) is 0 Å². The smallest absolute Gasteiger partial charge is 0.369 e. The van der Waals surface area contributed by atoms with Crippen LogP contribution in [-0.4, -0.2) is 36.2 Å². The second-order valence-corrected chi connectivity index (χ2v) is 10.6. The Morgan fingerprint density at radius 2 is 1.62 bits per heavy atom. The molecule has 2 heterocycles. The van der Waals surface area contributed by atoms with E-state index in [2.05, 4.69) is 15.3 Å². The van der Waals surface area contributed by atoms with Gasteiger partial charge in [-0.05, 0) is 73.9 Å². The number of hydrogen-bond acceptors (Lipinski definition) is 5. The van der Waals surface area contributed by atoms with Crippen LogP contribution in [-0.2, 0) is 16.4 Å². The third kappa shape index (κ3) is 5.30. The first-order valence-electron chi connectivity index (χ1n) is 12.7. The highest BCUT2D eigenvalue weighted by atomic mass is 35.5. The number of halogens is 4. The van der Waals surface area contributed by atoms with Crippen molar-refractivity contribution in [1.29, 1.82) is 0 Å². The monoisotopic (exact) mass is 592 g/mol. The number of benzene rings is 3. The summed E-state index contributed by atoms with van der Waals surface area (Å²) in [5, 5.41) is 8.53. The van der Waals surface area contributed by atoms with E-state index in [4.69, 9.17) is 17.3 Å². The molecule has 0 spiro atoms. The van der Waals surface area contributed by atoms with Gasteiger partial charge in [0.2, 0.25) is 11.7 Å². The molecule has 0 aliphatic carbocycles. The molecule has 214 valence electrons. The first kappa shape index (κ1) is 28.7. The molecule has 2 aromatic heterocycles. The van der Waals surface area contributed by atoms with E-state index in [1.807, 2.05) is 12.1 Å². The summed E-state index contributed by atoms with van der Waals surface area (Å²) < 4.78 is 43.2. The molecule has 0 radical (unpaired) electrons. The van der Waals surface area contributed by atoms with Gasteiger partial charge in [-0.3, -0.25) is 9.59 Å². The van der Waals surface area contributed by atoms with Gasteiger partial charge in [-0.2, -0.15) is 13.2 Å². The van der Waals surface area contributed by atoms with Gasteiger partial charge in [-0.15, -0.1) is 5.10 Å². The molecule has 42 heavy (non-hydrogen) atoms. The standard InChI is InChI=1S/C30H24ClF3N6O2/c1-17-37-26(30(32,33)34)16-39(17)23-12-9-20(19-5-4-6-21(13-19)29(2,3)28(35)42)14-24(23)40-25(15-36-38-40)27(41)18-7-10-22(31)11-8-18/h4-16H,1-3H3,(H2,35,42). The molecule has 0 aliphatic heterocycles. The first-order valence-corrected chi connectivity index (χ1v) is 13.0. The lowest BCUT2D eigenvalue weighted by Crippen LogP contribution is -2.35. The lowest BCUT2D eigenvalue weighted by molar-refractivity contribution is -0.141. The average Bonchev–Trinajstić information content (AvgIpc) is 3.60. The molecule has 0 unspecified atom stereocenters. The number of aryl methyl sites for hydroxylation is 1. The second-order valence-electron chi connectivity index (χ2n) is 10.2. The molecule has 2 N–H and O–H groups in total. The van der Waals surface area contributed by atoms with Crippen molar-refractivity contribution >= 4 is 23.3 Å². The van der Waals surface area contributed by atoms with Crippen molar-refractivity contribution < 1.29 is 22.8 Å². The van der Waals surface area contributed by atoms with Crippen molar-refractivity contribution in [3.63, 3.8) is 0 Å². The van der Waals surface area contributed by atoms with E-state index < -0.39 is 29.0 Å². The molecule has 3 aromatic carbocycles. The van der Waals surface area contributed by atoms with Crippen molar-refractivity contribution in [3.05, 3.63) is 112 Å². The number of primary amides is 1. The molecular weight excluding hydrogens is 569 g/mol. The summed E-state index contributed by atoms with van der Waals surface area (Å²) >= 11 is 5.98. The van der Waals surface area contributed by atoms with Gasteiger partial charge in [0, 0.05) is 16.8 Å². The molecule has 0 aliphatic rings. The minimum Gasteiger partial charge on any atom is -0.369 e. The molecule has 12 heteroatoms. The Balaban J connectivity index is 1.71. The number of hydrogen-bond donors (Lipinski definition) is 1. The molecule has 8 nitrogen and oxygen atoms in total. The number of alkyl halides is 3. The lowest BCUT2D eigenvalue weighted by atomic mass is 9.82. The van der Waals surface area contributed by atoms with Crippen LogP contribution in [0.5, 0.6) is 0 Å². The number of nitrogens with zero attached hydrogens (tertiary/aromatic N) is 5. The van der Waals surface area contributed by atoms with Crippen LogP contribution in [0.2, 0.25) is 5.02 Å². The second kappa shape index (κ2) is 10.6. The third-order valence-corrected chi connectivity index (χ3v) is 7.31. The van der Waals surface area contributed by atoms with Crippen LogP contribution in [0.4, 0.5) is 13.2 Å². The van der Waals surface area contributed by atoms with Gasteiger partial charge in [-0.25, -0.2) is 9.67 Å². The zero-order valence-corrected chi connectivity index (χ0v) is 23.4.